The van der Waals surface area contributed by atoms with Crippen molar-refractivity contribution in [2.24, 2.45) is 5.73 Å². The molecule has 0 aromatic heterocycles. The van der Waals surface area contributed by atoms with Crippen LogP contribution in [0, 0.1) is 0 Å². The number of allylic oxidation sites excluding steroid dienone is 22. The average Bonchev–Trinajstić information content (AvgIpc) is 3.42. The molecule has 0 bridgehead atoms. The van der Waals surface area contributed by atoms with Crippen LogP contribution < -0.4 is 5.73 Å². The van der Waals surface area contributed by atoms with Crippen LogP contribution in [0.3, 0.4) is 0 Å². The second-order valence-electron chi connectivity index (χ2n) is 19.8. The molecule has 0 spiro atoms. The number of phosphoric acid groups is 1. The van der Waals surface area contributed by atoms with Crippen LogP contribution in [-0.2, 0) is 32.7 Å². The predicted octanol–water partition coefficient (Wildman–Crippen LogP) is 19.7. The van der Waals surface area contributed by atoms with Crippen molar-refractivity contribution in [3.05, 3.63) is 134 Å². The number of ether oxygens (including phenoxy) is 2. The van der Waals surface area contributed by atoms with E-state index in [0.29, 0.717) is 6.42 Å². The van der Waals surface area contributed by atoms with Gasteiger partial charge < -0.3 is 20.1 Å². The highest BCUT2D eigenvalue weighted by Crippen LogP contribution is 2.43. The molecule has 77 heavy (non-hydrogen) atoms. The van der Waals surface area contributed by atoms with E-state index in [4.69, 9.17) is 24.3 Å². The lowest BCUT2D eigenvalue weighted by Gasteiger charge is -2.19. The van der Waals surface area contributed by atoms with Crippen LogP contribution in [-0.4, -0.2) is 49.3 Å². The Morgan fingerprint density at radius 3 is 1.00 bits per heavy atom. The van der Waals surface area contributed by atoms with E-state index in [2.05, 4.69) is 148 Å². The molecule has 438 valence electrons. The Morgan fingerprint density at radius 1 is 0.390 bits per heavy atom. The van der Waals surface area contributed by atoms with Crippen LogP contribution in [0.4, 0.5) is 0 Å². The Balaban J connectivity index is 4.00. The van der Waals surface area contributed by atoms with Gasteiger partial charge in [-0.3, -0.25) is 18.6 Å². The fourth-order valence-corrected chi connectivity index (χ4v) is 8.84. The number of hydrogen-bond acceptors (Lipinski definition) is 8. The van der Waals surface area contributed by atoms with Crippen molar-refractivity contribution in [2.45, 2.75) is 251 Å². The molecule has 0 saturated carbocycles. The summed E-state index contributed by atoms with van der Waals surface area (Å²) in [4.78, 5) is 35.3. The van der Waals surface area contributed by atoms with Crippen molar-refractivity contribution >= 4 is 19.8 Å². The molecule has 0 aromatic carbocycles. The molecule has 0 aliphatic rings. The summed E-state index contributed by atoms with van der Waals surface area (Å²) in [6, 6.07) is 0. The molecule has 0 aromatic rings. The molecule has 10 heteroatoms. The molecule has 0 heterocycles. The highest BCUT2D eigenvalue weighted by atomic mass is 31.2. The maximum atomic E-state index is 12.7. The fourth-order valence-electron chi connectivity index (χ4n) is 8.08. The normalized spacial score (nSPS) is 14.0. The molecule has 0 saturated heterocycles. The fraction of sp³-hybridized carbons (Fsp3) is 0.642. The number of phosphoric ester groups is 1. The average molecular weight is 1090 g/mol. The molecule has 2 unspecified atom stereocenters. The second-order valence-corrected chi connectivity index (χ2v) is 21.3. The van der Waals surface area contributed by atoms with Crippen molar-refractivity contribution in [2.75, 3.05) is 26.4 Å². The summed E-state index contributed by atoms with van der Waals surface area (Å²) in [6.45, 7) is 3.51. The Kier molecular flexibility index (Phi) is 58.3. The SMILES string of the molecule is CC/C=C\C/C=C\C/C=C\C/C=C\C/C=C\C/C=C\CCCCCCCCCCCCCCC(=O)OC(COC(=O)CCCCCCCCCCC/C=C\C/C=C\C/C=C\C/C=C\C/C=C\CC)COP(=O)(O)OCCN. The maximum absolute atomic E-state index is 12.7. The lowest BCUT2D eigenvalue weighted by molar-refractivity contribution is -0.161. The first-order valence-electron chi connectivity index (χ1n) is 30.7. The van der Waals surface area contributed by atoms with Gasteiger partial charge in [0.15, 0.2) is 6.10 Å². The summed E-state index contributed by atoms with van der Waals surface area (Å²) in [7, 11) is -4.40. The van der Waals surface area contributed by atoms with Gasteiger partial charge in [-0.25, -0.2) is 4.57 Å². The highest BCUT2D eigenvalue weighted by Gasteiger charge is 2.26. The summed E-state index contributed by atoms with van der Waals surface area (Å²) in [5, 5.41) is 0. The second kappa shape index (κ2) is 61.4. The van der Waals surface area contributed by atoms with Crippen LogP contribution in [0.5, 0.6) is 0 Å². The Bertz CT molecular complexity index is 1720. The first-order chi connectivity index (χ1) is 37.8. The van der Waals surface area contributed by atoms with Crippen molar-refractivity contribution < 1.29 is 37.6 Å². The van der Waals surface area contributed by atoms with E-state index >= 15 is 0 Å². The first-order valence-corrected chi connectivity index (χ1v) is 32.2. The monoisotopic (exact) mass is 1090 g/mol. The predicted molar refractivity (Wildman–Crippen MR) is 330 cm³/mol. The number of esters is 2. The van der Waals surface area contributed by atoms with Crippen molar-refractivity contribution in [3.63, 3.8) is 0 Å². The zero-order valence-electron chi connectivity index (χ0n) is 48.9. The zero-order valence-corrected chi connectivity index (χ0v) is 49.8. The molecular formula is C67H112NO8P. The standard InChI is InChI=1S/C67H112NO8P/c1-3-5-7-9-11-13-15-17-19-21-23-25-27-29-30-31-32-33-34-36-38-40-42-44-46-48-50-52-54-56-58-60-67(70)76-65(64-75-77(71,72)74-62-61-68)63-73-66(69)59-57-55-53-51-49-47-45-43-41-39-37-35-28-26-24-22-20-18-16-14-12-10-8-6-4-2/h5-8,11-14,17-20,23-26,29-30,32-33,35,37,65H,3-4,9-10,15-16,21-22,27-28,31,34,36,38-64,68H2,1-2H3,(H,71,72)/b7-5-,8-6-,13-11-,14-12-,19-17-,20-18-,25-23-,26-24-,30-29-,33-32-,37-35-. The van der Waals surface area contributed by atoms with E-state index in [1.54, 1.807) is 0 Å². The van der Waals surface area contributed by atoms with Crippen LogP contribution in [0.2, 0.25) is 0 Å². The summed E-state index contributed by atoms with van der Waals surface area (Å²) >= 11 is 0. The molecule has 0 fully saturated rings. The van der Waals surface area contributed by atoms with Gasteiger partial charge in [0.2, 0.25) is 0 Å². The first kappa shape index (κ1) is 73.2. The smallest absolute Gasteiger partial charge is 0.462 e. The quantitative estimate of drug-likeness (QED) is 0.0264. The summed E-state index contributed by atoms with van der Waals surface area (Å²) in [6.07, 6.45) is 86.5. The van der Waals surface area contributed by atoms with Crippen molar-refractivity contribution in [3.8, 4) is 0 Å². The van der Waals surface area contributed by atoms with Crippen LogP contribution in [0.25, 0.3) is 0 Å². The number of unbranched alkanes of at least 4 members (excludes halogenated alkanes) is 21. The van der Waals surface area contributed by atoms with E-state index in [0.717, 1.165) is 122 Å². The third-order valence-corrected chi connectivity index (χ3v) is 13.5. The third-order valence-electron chi connectivity index (χ3n) is 12.5. The van der Waals surface area contributed by atoms with Gasteiger partial charge in [0, 0.05) is 19.4 Å². The summed E-state index contributed by atoms with van der Waals surface area (Å²) in [5.74, 6) is -0.842. The Morgan fingerprint density at radius 2 is 0.675 bits per heavy atom. The lowest BCUT2D eigenvalue weighted by atomic mass is 10.0. The van der Waals surface area contributed by atoms with E-state index in [9.17, 15) is 19.0 Å². The number of hydrogen-bond donors (Lipinski definition) is 2. The molecule has 0 rings (SSSR count). The van der Waals surface area contributed by atoms with Gasteiger partial charge in [0.05, 0.1) is 13.2 Å². The number of nitrogens with two attached hydrogens (primary N) is 1. The minimum absolute atomic E-state index is 0.0459. The van der Waals surface area contributed by atoms with E-state index in [1.165, 1.54) is 89.9 Å². The van der Waals surface area contributed by atoms with Crippen molar-refractivity contribution in [1.29, 1.82) is 0 Å². The van der Waals surface area contributed by atoms with E-state index < -0.39 is 32.5 Å². The van der Waals surface area contributed by atoms with E-state index in [1.807, 2.05) is 0 Å². The van der Waals surface area contributed by atoms with Gasteiger partial charge in [-0.05, 0) is 109 Å². The topological polar surface area (TPSA) is 134 Å². The lowest BCUT2D eigenvalue weighted by Crippen LogP contribution is -2.29. The molecule has 0 amide bonds. The van der Waals surface area contributed by atoms with Gasteiger partial charge in [0.25, 0.3) is 0 Å². The van der Waals surface area contributed by atoms with Crippen LogP contribution >= 0.6 is 7.82 Å². The zero-order chi connectivity index (χ0) is 55.9. The molecular weight excluding hydrogens is 978 g/mol. The van der Waals surface area contributed by atoms with Gasteiger partial charge in [-0.15, -0.1) is 0 Å². The highest BCUT2D eigenvalue weighted by molar-refractivity contribution is 7.47. The number of carbonyl (C=O) groups is 2. The van der Waals surface area contributed by atoms with E-state index in [-0.39, 0.29) is 32.6 Å². The van der Waals surface area contributed by atoms with Crippen molar-refractivity contribution in [1.82, 2.24) is 0 Å². The minimum atomic E-state index is -4.40. The molecule has 0 radical (unpaired) electrons. The van der Waals surface area contributed by atoms with Crippen LogP contribution in [0.15, 0.2) is 134 Å². The molecule has 0 aliphatic heterocycles. The largest absolute Gasteiger partial charge is 0.472 e. The Labute approximate surface area is 472 Å². The van der Waals surface area contributed by atoms with Gasteiger partial charge >= 0.3 is 19.8 Å². The molecule has 0 aliphatic carbocycles. The summed E-state index contributed by atoms with van der Waals surface area (Å²) in [5.41, 5.74) is 5.39. The third kappa shape index (κ3) is 61.2. The van der Waals surface area contributed by atoms with Gasteiger partial charge in [-0.2, -0.15) is 0 Å². The summed E-state index contributed by atoms with van der Waals surface area (Å²) < 4.78 is 33.1. The minimum Gasteiger partial charge on any atom is -0.462 e. The number of rotatable bonds is 56. The van der Waals surface area contributed by atoms with Crippen LogP contribution in [0.1, 0.15) is 245 Å². The maximum Gasteiger partial charge on any atom is 0.472 e. The molecule has 2 atom stereocenters. The van der Waals surface area contributed by atoms with Gasteiger partial charge in [0.1, 0.15) is 6.61 Å². The molecule has 9 nitrogen and oxygen atoms in total. The van der Waals surface area contributed by atoms with Gasteiger partial charge in [-0.1, -0.05) is 257 Å². The number of carbonyl (C=O) groups excluding carboxylic acids is 2. The molecule has 3 N–H and O–H groups in total. The Hall–Kier alpha value is -3.85.